The summed E-state index contributed by atoms with van der Waals surface area (Å²) >= 11 is 5.88. The minimum absolute atomic E-state index is 0.0989. The summed E-state index contributed by atoms with van der Waals surface area (Å²) in [7, 11) is 1.86. The molecule has 4 amide bonds. The first-order valence-corrected chi connectivity index (χ1v) is 9.25. The van der Waals surface area contributed by atoms with E-state index in [9.17, 15) is 14.4 Å². The zero-order valence-electron chi connectivity index (χ0n) is 15.7. The molecule has 0 saturated carbocycles. The first-order valence-electron chi connectivity index (χ1n) is 8.87. The number of benzene rings is 2. The Labute approximate surface area is 168 Å². The summed E-state index contributed by atoms with van der Waals surface area (Å²) in [6, 6.07) is 15.6. The molecule has 1 fully saturated rings. The Hall–Kier alpha value is -2.90. The van der Waals surface area contributed by atoms with E-state index in [4.69, 9.17) is 11.6 Å². The lowest BCUT2D eigenvalue weighted by Gasteiger charge is -2.22. The van der Waals surface area contributed by atoms with Gasteiger partial charge in [-0.25, -0.2) is 4.79 Å². The summed E-state index contributed by atoms with van der Waals surface area (Å²) in [6.45, 7) is 2.32. The molecule has 0 radical (unpaired) electrons. The van der Waals surface area contributed by atoms with E-state index in [1.807, 2.05) is 25.2 Å². The maximum Gasteiger partial charge on any atom is 0.344 e. The standard InChI is InChI=1S/C20H21ClN4O3/c1-20(15-6-4-3-5-7-15)18(27)25(19(28)22-20)23-17(26)13-24(2)12-14-8-10-16(21)11-9-14/h3-11H,12-13H2,1-2H3,(H,22,28)(H,23,26)/p+1/t20-/m0/s1. The van der Waals surface area contributed by atoms with Crippen molar-refractivity contribution in [2.75, 3.05) is 13.6 Å². The van der Waals surface area contributed by atoms with Gasteiger partial charge < -0.3 is 10.2 Å². The maximum absolute atomic E-state index is 12.8. The molecule has 7 nitrogen and oxygen atoms in total. The van der Waals surface area contributed by atoms with Gasteiger partial charge in [0.15, 0.2) is 6.54 Å². The fraction of sp³-hybridized carbons (Fsp3) is 0.250. The lowest BCUT2D eigenvalue weighted by Crippen LogP contribution is -3.09. The second-order valence-corrected chi connectivity index (χ2v) is 7.47. The molecule has 3 N–H and O–H groups in total. The van der Waals surface area contributed by atoms with Gasteiger partial charge in [0.1, 0.15) is 12.1 Å². The average Bonchev–Trinajstić information content (AvgIpc) is 2.88. The smallest absolute Gasteiger partial charge is 0.326 e. The molecule has 2 atom stereocenters. The number of nitrogens with zero attached hydrogens (tertiary/aromatic N) is 1. The molecule has 2 aromatic carbocycles. The molecule has 1 unspecified atom stereocenters. The number of imide groups is 1. The lowest BCUT2D eigenvalue weighted by atomic mass is 9.92. The quantitative estimate of drug-likeness (QED) is 0.628. The minimum atomic E-state index is -1.21. The second-order valence-electron chi connectivity index (χ2n) is 7.03. The number of likely N-dealkylation sites (N-methyl/N-ethyl adjacent to an activating group) is 1. The van der Waals surface area contributed by atoms with Crippen LogP contribution in [0.25, 0.3) is 0 Å². The first kappa shape index (κ1) is 19.9. The van der Waals surface area contributed by atoms with E-state index in [0.717, 1.165) is 15.5 Å². The molecule has 1 saturated heterocycles. The second kappa shape index (κ2) is 8.00. The monoisotopic (exact) mass is 401 g/mol. The number of hydrogen-bond acceptors (Lipinski definition) is 3. The van der Waals surface area contributed by atoms with Crippen LogP contribution in [0.15, 0.2) is 54.6 Å². The summed E-state index contributed by atoms with van der Waals surface area (Å²) < 4.78 is 0. The van der Waals surface area contributed by atoms with E-state index in [0.29, 0.717) is 17.1 Å². The van der Waals surface area contributed by atoms with Gasteiger partial charge in [-0.3, -0.25) is 15.0 Å². The number of nitrogens with one attached hydrogen (secondary N) is 3. The molecule has 0 aliphatic carbocycles. The largest absolute Gasteiger partial charge is 0.344 e. The van der Waals surface area contributed by atoms with Gasteiger partial charge >= 0.3 is 6.03 Å². The van der Waals surface area contributed by atoms with Crippen LogP contribution in [0.2, 0.25) is 5.02 Å². The normalized spacial score (nSPS) is 20.0. The van der Waals surface area contributed by atoms with Crippen molar-refractivity contribution >= 4 is 29.4 Å². The molecular weight excluding hydrogens is 380 g/mol. The van der Waals surface area contributed by atoms with Crippen LogP contribution in [0, 0.1) is 0 Å². The average molecular weight is 402 g/mol. The third kappa shape index (κ3) is 4.16. The highest BCUT2D eigenvalue weighted by Crippen LogP contribution is 2.27. The zero-order chi connectivity index (χ0) is 20.3. The summed E-state index contributed by atoms with van der Waals surface area (Å²) in [5.41, 5.74) is 2.88. The van der Waals surface area contributed by atoms with Crippen LogP contribution < -0.4 is 15.6 Å². The summed E-state index contributed by atoms with van der Waals surface area (Å²) in [4.78, 5) is 38.3. The van der Waals surface area contributed by atoms with Gasteiger partial charge in [-0.1, -0.05) is 54.1 Å². The minimum Gasteiger partial charge on any atom is -0.326 e. The van der Waals surface area contributed by atoms with E-state index in [-0.39, 0.29) is 6.54 Å². The SMILES string of the molecule is C[NH+](CC(=O)NN1C(=O)N[C@@](C)(c2ccccc2)C1=O)Cc1ccc(Cl)cc1. The molecule has 146 valence electrons. The number of rotatable bonds is 6. The van der Waals surface area contributed by atoms with Crippen molar-refractivity contribution < 1.29 is 19.3 Å². The fourth-order valence-corrected chi connectivity index (χ4v) is 3.29. The summed E-state index contributed by atoms with van der Waals surface area (Å²) in [5.74, 6) is -0.945. The number of amides is 4. The lowest BCUT2D eigenvalue weighted by molar-refractivity contribution is -0.885. The highest BCUT2D eigenvalue weighted by Gasteiger charge is 2.50. The fourth-order valence-electron chi connectivity index (χ4n) is 3.16. The molecule has 0 bridgehead atoms. The van der Waals surface area contributed by atoms with Crippen LogP contribution in [0.3, 0.4) is 0 Å². The third-order valence-electron chi connectivity index (χ3n) is 4.66. The molecule has 1 aliphatic rings. The number of urea groups is 1. The van der Waals surface area contributed by atoms with Crippen molar-refractivity contribution in [3.63, 3.8) is 0 Å². The number of quaternary nitrogens is 1. The Balaban J connectivity index is 1.61. The third-order valence-corrected chi connectivity index (χ3v) is 4.91. The van der Waals surface area contributed by atoms with Gasteiger partial charge in [0.2, 0.25) is 0 Å². The molecule has 3 rings (SSSR count). The van der Waals surface area contributed by atoms with E-state index in [1.165, 1.54) is 0 Å². The van der Waals surface area contributed by atoms with Crippen molar-refractivity contribution in [2.45, 2.75) is 19.0 Å². The van der Waals surface area contributed by atoms with Crippen LogP contribution >= 0.6 is 11.6 Å². The van der Waals surface area contributed by atoms with Gasteiger partial charge in [-0.15, -0.1) is 0 Å². The van der Waals surface area contributed by atoms with Crippen LogP contribution in [-0.2, 0) is 21.7 Å². The van der Waals surface area contributed by atoms with Crippen LogP contribution in [-0.4, -0.2) is 36.4 Å². The Morgan fingerprint density at radius 3 is 2.43 bits per heavy atom. The summed E-state index contributed by atoms with van der Waals surface area (Å²) in [5, 5.41) is 4.06. The Morgan fingerprint density at radius 1 is 1.14 bits per heavy atom. The van der Waals surface area contributed by atoms with E-state index < -0.39 is 23.4 Å². The van der Waals surface area contributed by atoms with Crippen molar-refractivity contribution in [3.8, 4) is 0 Å². The van der Waals surface area contributed by atoms with Gasteiger partial charge in [0.25, 0.3) is 11.8 Å². The van der Waals surface area contributed by atoms with Crippen molar-refractivity contribution in [1.29, 1.82) is 0 Å². The predicted molar refractivity (Wildman–Crippen MR) is 104 cm³/mol. The van der Waals surface area contributed by atoms with Gasteiger partial charge in [0, 0.05) is 10.6 Å². The number of hydrazine groups is 1. The van der Waals surface area contributed by atoms with E-state index >= 15 is 0 Å². The summed E-state index contributed by atoms with van der Waals surface area (Å²) in [6.07, 6.45) is 0. The van der Waals surface area contributed by atoms with Crippen molar-refractivity contribution in [2.24, 2.45) is 0 Å². The molecule has 28 heavy (non-hydrogen) atoms. The van der Waals surface area contributed by atoms with E-state index in [2.05, 4.69) is 10.7 Å². The Kier molecular flexibility index (Phi) is 5.67. The first-order chi connectivity index (χ1) is 13.3. The van der Waals surface area contributed by atoms with Crippen LogP contribution in [0.5, 0.6) is 0 Å². The van der Waals surface area contributed by atoms with Gasteiger partial charge in [-0.2, -0.15) is 5.01 Å². The van der Waals surface area contributed by atoms with E-state index in [1.54, 1.807) is 43.3 Å². The molecule has 2 aromatic rings. The van der Waals surface area contributed by atoms with Gasteiger partial charge in [0.05, 0.1) is 7.05 Å². The number of hydrogen-bond donors (Lipinski definition) is 3. The molecule has 1 aliphatic heterocycles. The molecule has 1 heterocycles. The topological polar surface area (TPSA) is 82.9 Å². The maximum atomic E-state index is 12.8. The highest BCUT2D eigenvalue weighted by atomic mass is 35.5. The van der Waals surface area contributed by atoms with Crippen molar-refractivity contribution in [1.82, 2.24) is 15.8 Å². The van der Waals surface area contributed by atoms with Crippen LogP contribution in [0.1, 0.15) is 18.1 Å². The molecule has 8 heteroatoms. The predicted octanol–water partition coefficient (Wildman–Crippen LogP) is 0.853. The molecular formula is C20H22ClN4O3+. The van der Waals surface area contributed by atoms with Crippen molar-refractivity contribution in [3.05, 3.63) is 70.7 Å². The number of carbonyl (C=O) groups excluding carboxylic acids is 3. The van der Waals surface area contributed by atoms with Crippen LogP contribution in [0.4, 0.5) is 4.79 Å². The zero-order valence-corrected chi connectivity index (χ0v) is 16.4. The number of carbonyl (C=O) groups is 3. The molecule has 0 aromatic heterocycles. The van der Waals surface area contributed by atoms with Gasteiger partial charge in [-0.05, 0) is 24.6 Å². The number of halogens is 1. The molecule has 0 spiro atoms. The Morgan fingerprint density at radius 2 is 1.79 bits per heavy atom. The Bertz CT molecular complexity index is 888. The highest BCUT2D eigenvalue weighted by molar-refractivity contribution is 6.30.